The summed E-state index contributed by atoms with van der Waals surface area (Å²) in [5.74, 6) is 0.759. The number of halogens is 1. The van der Waals surface area contributed by atoms with Crippen LogP contribution in [0.25, 0.3) is 0 Å². The van der Waals surface area contributed by atoms with Gasteiger partial charge < -0.3 is 10.1 Å². The van der Waals surface area contributed by atoms with Gasteiger partial charge in [-0.2, -0.15) is 4.98 Å². The highest BCUT2D eigenvalue weighted by Crippen LogP contribution is 2.31. The van der Waals surface area contributed by atoms with Crippen LogP contribution in [0.1, 0.15) is 11.3 Å². The number of rotatable bonds is 4. The first kappa shape index (κ1) is 15.0. The maximum atomic E-state index is 11.2. The molecule has 0 fully saturated rings. The summed E-state index contributed by atoms with van der Waals surface area (Å²) in [6.45, 7) is 3.37. The van der Waals surface area contributed by atoms with Gasteiger partial charge in [0.1, 0.15) is 11.4 Å². The summed E-state index contributed by atoms with van der Waals surface area (Å²) < 4.78 is 5.12. The molecular weight excluding hydrogens is 296 g/mol. The second kappa shape index (κ2) is 5.92. The SMILES string of the molecule is COc1ccc(Nc2nc(Cl)nc(C)c2[N+](=O)[O-])c(C)c1. The highest BCUT2D eigenvalue weighted by molar-refractivity contribution is 6.28. The second-order valence-corrected chi connectivity index (χ2v) is 4.68. The predicted octanol–water partition coefficient (Wildman–Crippen LogP) is 3.41. The Morgan fingerprint density at radius 3 is 2.62 bits per heavy atom. The van der Waals surface area contributed by atoms with E-state index < -0.39 is 4.92 Å². The van der Waals surface area contributed by atoms with Crippen molar-refractivity contribution in [1.29, 1.82) is 0 Å². The largest absolute Gasteiger partial charge is 0.497 e. The van der Waals surface area contributed by atoms with E-state index in [-0.39, 0.29) is 22.5 Å². The van der Waals surface area contributed by atoms with Gasteiger partial charge in [0.25, 0.3) is 0 Å². The van der Waals surface area contributed by atoms with Crippen LogP contribution in [0.4, 0.5) is 17.2 Å². The van der Waals surface area contributed by atoms with Gasteiger partial charge in [-0.25, -0.2) is 4.98 Å². The van der Waals surface area contributed by atoms with Crippen LogP contribution in [0.3, 0.4) is 0 Å². The number of hydrogen-bond acceptors (Lipinski definition) is 6. The molecule has 2 aromatic rings. The zero-order chi connectivity index (χ0) is 15.6. The highest BCUT2D eigenvalue weighted by Gasteiger charge is 2.22. The molecule has 7 nitrogen and oxygen atoms in total. The maximum Gasteiger partial charge on any atom is 0.332 e. The fraction of sp³-hybridized carbons (Fsp3) is 0.231. The Labute approximate surface area is 126 Å². The molecule has 0 aliphatic rings. The third kappa shape index (κ3) is 3.19. The van der Waals surface area contributed by atoms with Crippen LogP contribution in [0.5, 0.6) is 5.75 Å². The van der Waals surface area contributed by atoms with Gasteiger partial charge in [-0.05, 0) is 49.2 Å². The molecule has 0 atom stereocenters. The van der Waals surface area contributed by atoms with Crippen LogP contribution in [0.2, 0.25) is 5.28 Å². The van der Waals surface area contributed by atoms with Gasteiger partial charge in [0.05, 0.1) is 12.0 Å². The van der Waals surface area contributed by atoms with Crippen molar-refractivity contribution in [3.05, 3.63) is 44.9 Å². The van der Waals surface area contributed by atoms with E-state index in [9.17, 15) is 10.1 Å². The second-order valence-electron chi connectivity index (χ2n) is 4.34. The fourth-order valence-electron chi connectivity index (χ4n) is 1.87. The molecule has 1 heterocycles. The minimum absolute atomic E-state index is 0.0493. The lowest BCUT2D eigenvalue weighted by Crippen LogP contribution is -2.05. The Hall–Kier alpha value is -2.41. The number of methoxy groups -OCH3 is 1. The summed E-state index contributed by atoms with van der Waals surface area (Å²) in [5.41, 5.74) is 1.53. The van der Waals surface area contributed by atoms with E-state index in [4.69, 9.17) is 16.3 Å². The molecule has 2 rings (SSSR count). The van der Waals surface area contributed by atoms with Gasteiger partial charge in [0.2, 0.25) is 11.1 Å². The molecule has 0 spiro atoms. The van der Waals surface area contributed by atoms with Crippen molar-refractivity contribution in [1.82, 2.24) is 9.97 Å². The molecule has 0 bridgehead atoms. The molecule has 0 unspecified atom stereocenters. The lowest BCUT2D eigenvalue weighted by atomic mass is 10.2. The minimum atomic E-state index is -0.535. The molecule has 1 N–H and O–H groups in total. The highest BCUT2D eigenvalue weighted by atomic mass is 35.5. The number of nitro groups is 1. The topological polar surface area (TPSA) is 90.2 Å². The average molecular weight is 309 g/mol. The molecule has 0 saturated carbocycles. The first-order valence-corrected chi connectivity index (χ1v) is 6.40. The van der Waals surface area contributed by atoms with E-state index in [0.29, 0.717) is 11.4 Å². The van der Waals surface area contributed by atoms with Gasteiger partial charge in [-0.15, -0.1) is 0 Å². The molecule has 0 radical (unpaired) electrons. The molecule has 21 heavy (non-hydrogen) atoms. The molecule has 8 heteroatoms. The number of hydrogen-bond donors (Lipinski definition) is 1. The predicted molar refractivity (Wildman–Crippen MR) is 79.4 cm³/mol. The molecule has 0 aliphatic carbocycles. The van der Waals surface area contributed by atoms with Crippen LogP contribution in [0, 0.1) is 24.0 Å². The zero-order valence-corrected chi connectivity index (χ0v) is 12.4. The monoisotopic (exact) mass is 308 g/mol. The Morgan fingerprint density at radius 1 is 1.33 bits per heavy atom. The number of ether oxygens (including phenoxy) is 1. The van der Waals surface area contributed by atoms with Crippen molar-refractivity contribution >= 4 is 28.8 Å². The molecule has 0 aliphatic heterocycles. The first-order chi connectivity index (χ1) is 9.92. The summed E-state index contributed by atoms with van der Waals surface area (Å²) in [6, 6.07) is 5.31. The van der Waals surface area contributed by atoms with E-state index >= 15 is 0 Å². The maximum absolute atomic E-state index is 11.2. The number of nitrogens with zero attached hydrogens (tertiary/aromatic N) is 3. The van der Waals surface area contributed by atoms with E-state index in [1.165, 1.54) is 6.92 Å². The Bertz CT molecular complexity index is 706. The van der Waals surface area contributed by atoms with Crippen LogP contribution < -0.4 is 10.1 Å². The van der Waals surface area contributed by atoms with Gasteiger partial charge >= 0.3 is 5.69 Å². The lowest BCUT2D eigenvalue weighted by Gasteiger charge is -2.11. The van der Waals surface area contributed by atoms with Crippen molar-refractivity contribution in [3.8, 4) is 5.75 Å². The molecule has 1 aromatic heterocycles. The summed E-state index contributed by atoms with van der Waals surface area (Å²) in [5, 5.41) is 14.0. The van der Waals surface area contributed by atoms with Gasteiger partial charge in [0.15, 0.2) is 0 Å². The standard InChI is InChI=1S/C13H13ClN4O3/c1-7-6-9(21-3)4-5-10(7)16-12-11(18(19)20)8(2)15-13(14)17-12/h4-6H,1-3H3,(H,15,16,17). The molecule has 0 amide bonds. The van der Waals surface area contributed by atoms with E-state index in [0.717, 1.165) is 5.56 Å². The normalized spacial score (nSPS) is 10.3. The van der Waals surface area contributed by atoms with Crippen molar-refractivity contribution in [2.24, 2.45) is 0 Å². The quantitative estimate of drug-likeness (QED) is 0.529. The molecule has 110 valence electrons. The Balaban J connectivity index is 2.46. The zero-order valence-electron chi connectivity index (χ0n) is 11.7. The third-order valence-corrected chi connectivity index (χ3v) is 3.07. The van der Waals surface area contributed by atoms with Gasteiger partial charge in [-0.1, -0.05) is 0 Å². The number of aryl methyl sites for hydroxylation is 2. The number of nitrogens with one attached hydrogen (secondary N) is 1. The van der Waals surface area contributed by atoms with E-state index in [1.54, 1.807) is 19.2 Å². The van der Waals surface area contributed by atoms with Crippen LogP contribution in [-0.2, 0) is 0 Å². The smallest absolute Gasteiger partial charge is 0.332 e. The van der Waals surface area contributed by atoms with Gasteiger partial charge in [-0.3, -0.25) is 10.1 Å². The van der Waals surface area contributed by atoms with E-state index in [2.05, 4.69) is 15.3 Å². The van der Waals surface area contributed by atoms with Crippen molar-refractivity contribution in [3.63, 3.8) is 0 Å². The van der Waals surface area contributed by atoms with Crippen molar-refractivity contribution in [2.75, 3.05) is 12.4 Å². The summed E-state index contributed by atoms with van der Waals surface area (Å²) in [4.78, 5) is 18.3. The van der Waals surface area contributed by atoms with Crippen LogP contribution in [0.15, 0.2) is 18.2 Å². The summed E-state index contributed by atoms with van der Waals surface area (Å²) >= 11 is 5.78. The van der Waals surface area contributed by atoms with Gasteiger partial charge in [0, 0.05) is 5.69 Å². The first-order valence-electron chi connectivity index (χ1n) is 6.02. The Kier molecular flexibility index (Phi) is 4.23. The number of benzene rings is 1. The lowest BCUT2D eigenvalue weighted by molar-refractivity contribution is -0.385. The average Bonchev–Trinajstić information content (AvgIpc) is 2.39. The Morgan fingerprint density at radius 2 is 2.05 bits per heavy atom. The molecule has 0 saturated heterocycles. The molecule has 1 aromatic carbocycles. The van der Waals surface area contributed by atoms with E-state index in [1.807, 2.05) is 13.0 Å². The van der Waals surface area contributed by atoms with Crippen molar-refractivity contribution in [2.45, 2.75) is 13.8 Å². The summed E-state index contributed by atoms with van der Waals surface area (Å²) in [7, 11) is 1.57. The molecular formula is C13H13ClN4O3. The fourth-order valence-corrected chi connectivity index (χ4v) is 2.08. The van der Waals surface area contributed by atoms with Crippen LogP contribution in [-0.4, -0.2) is 22.0 Å². The minimum Gasteiger partial charge on any atom is -0.497 e. The number of anilines is 2. The third-order valence-electron chi connectivity index (χ3n) is 2.90. The number of aromatic nitrogens is 2. The van der Waals surface area contributed by atoms with Crippen molar-refractivity contribution < 1.29 is 9.66 Å². The van der Waals surface area contributed by atoms with Crippen LogP contribution >= 0.6 is 11.6 Å². The summed E-state index contributed by atoms with van der Waals surface area (Å²) in [6.07, 6.45) is 0.